The van der Waals surface area contributed by atoms with E-state index in [0.29, 0.717) is 5.03 Å². The first-order valence-corrected chi connectivity index (χ1v) is 7.35. The molecule has 21 heavy (non-hydrogen) atoms. The number of nitrogens with one attached hydrogen (secondary N) is 1. The number of nitrogens with zero attached hydrogens (tertiary/aromatic N) is 2. The van der Waals surface area contributed by atoms with Crippen molar-refractivity contribution in [3.8, 4) is 5.95 Å². The minimum absolute atomic E-state index is 0.169. The Bertz CT molecular complexity index is 630. The zero-order valence-corrected chi connectivity index (χ0v) is 13.2. The van der Waals surface area contributed by atoms with Gasteiger partial charge in [0.1, 0.15) is 0 Å². The van der Waals surface area contributed by atoms with Crippen LogP contribution in [0, 0.1) is 13.8 Å². The summed E-state index contributed by atoms with van der Waals surface area (Å²) in [6.07, 6.45) is 0. The van der Waals surface area contributed by atoms with Crippen molar-refractivity contribution in [1.82, 2.24) is 5.27 Å². The van der Waals surface area contributed by atoms with E-state index in [0.717, 1.165) is 28.6 Å². The van der Waals surface area contributed by atoms with E-state index in [1.54, 1.807) is 14.0 Å². The van der Waals surface area contributed by atoms with E-state index < -0.39 is 11.2 Å². The summed E-state index contributed by atoms with van der Waals surface area (Å²) < 4.78 is 5.87. The Balaban J connectivity index is 2.10. The van der Waals surface area contributed by atoms with Crippen molar-refractivity contribution in [2.45, 2.75) is 31.0 Å². The van der Waals surface area contributed by atoms with E-state index in [-0.39, 0.29) is 5.91 Å². The summed E-state index contributed by atoms with van der Waals surface area (Å²) in [7, 11) is 1.60. The Morgan fingerprint density at radius 3 is 2.57 bits per heavy atom. The van der Waals surface area contributed by atoms with E-state index in [9.17, 15) is 9.90 Å². The van der Waals surface area contributed by atoms with Gasteiger partial charge in [-0.05, 0) is 43.7 Å². The SMILES string of the molecule is Cc1cccc(C)c1NC(=O)C(C)Sc1c([O-])on[n+]1C. The highest BCUT2D eigenvalue weighted by Gasteiger charge is 2.23. The van der Waals surface area contributed by atoms with E-state index in [4.69, 9.17) is 0 Å². The maximum Gasteiger partial charge on any atom is 0.291 e. The lowest BCUT2D eigenvalue weighted by Gasteiger charge is -2.14. The van der Waals surface area contributed by atoms with Gasteiger partial charge in [0, 0.05) is 5.69 Å². The van der Waals surface area contributed by atoms with Gasteiger partial charge in [0.2, 0.25) is 5.91 Å². The fourth-order valence-corrected chi connectivity index (χ4v) is 2.71. The Kier molecular flexibility index (Phi) is 4.52. The third-order valence-corrected chi connectivity index (χ3v) is 4.32. The number of hydrogen-bond donors (Lipinski definition) is 1. The van der Waals surface area contributed by atoms with Crippen LogP contribution in [-0.2, 0) is 11.8 Å². The summed E-state index contributed by atoms with van der Waals surface area (Å²) in [6, 6.07) is 5.83. The fraction of sp³-hybridized carbons (Fsp3) is 0.357. The third-order valence-electron chi connectivity index (χ3n) is 3.10. The number of para-hydroxylation sites is 1. The Morgan fingerprint density at radius 1 is 1.43 bits per heavy atom. The van der Waals surface area contributed by atoms with Crippen LogP contribution in [0.1, 0.15) is 18.1 Å². The number of aryl methyl sites for hydroxylation is 3. The van der Waals surface area contributed by atoms with Crippen LogP contribution in [-0.4, -0.2) is 16.4 Å². The standard InChI is InChI=1S/C14H17N3O3S/c1-8-6-5-7-9(2)11(8)15-12(18)10(3)21-13-14(19)20-16-17(13)4/h5-7,10H,1-4H3,(H-,15,16,18,19). The minimum atomic E-state index is -0.533. The molecule has 0 aliphatic rings. The molecule has 0 aliphatic carbocycles. The van der Waals surface area contributed by atoms with Gasteiger partial charge in [0.25, 0.3) is 5.03 Å². The molecule has 7 heteroatoms. The van der Waals surface area contributed by atoms with Gasteiger partial charge in [-0.2, -0.15) is 0 Å². The van der Waals surface area contributed by atoms with Gasteiger partial charge < -0.3 is 14.9 Å². The fourth-order valence-electron chi connectivity index (χ4n) is 1.89. The van der Waals surface area contributed by atoms with Crippen molar-refractivity contribution in [2.24, 2.45) is 7.05 Å². The molecule has 112 valence electrons. The van der Waals surface area contributed by atoms with Gasteiger partial charge in [-0.25, -0.2) is 0 Å². The molecule has 1 amide bonds. The number of hydrogen-bond acceptors (Lipinski definition) is 5. The van der Waals surface area contributed by atoms with Gasteiger partial charge in [0.05, 0.1) is 10.5 Å². The second kappa shape index (κ2) is 6.17. The number of carbonyl (C=O) groups excluding carboxylic acids is 1. The summed E-state index contributed by atoms with van der Waals surface area (Å²) in [5, 5.41) is 17.7. The second-order valence-electron chi connectivity index (χ2n) is 4.81. The van der Waals surface area contributed by atoms with E-state index in [2.05, 4.69) is 15.1 Å². The van der Waals surface area contributed by atoms with Crippen molar-refractivity contribution in [3.63, 3.8) is 0 Å². The zero-order chi connectivity index (χ0) is 15.6. The Morgan fingerprint density at radius 2 is 2.05 bits per heavy atom. The molecular formula is C14H17N3O3S. The molecule has 6 nitrogen and oxygen atoms in total. The van der Waals surface area contributed by atoms with Crippen LogP contribution in [0.25, 0.3) is 0 Å². The molecule has 1 heterocycles. The van der Waals surface area contributed by atoms with Gasteiger partial charge in [0.15, 0.2) is 13.0 Å². The lowest BCUT2D eigenvalue weighted by Crippen LogP contribution is -2.33. The summed E-state index contributed by atoms with van der Waals surface area (Å²) in [4.78, 5) is 12.3. The molecule has 2 rings (SSSR count). The quantitative estimate of drug-likeness (QED) is 0.680. The largest absolute Gasteiger partial charge is 0.538 e. The van der Waals surface area contributed by atoms with Gasteiger partial charge in [-0.1, -0.05) is 22.9 Å². The lowest BCUT2D eigenvalue weighted by molar-refractivity contribution is -0.772. The third kappa shape index (κ3) is 3.36. The normalized spacial score (nSPS) is 12.2. The predicted octanol–water partition coefficient (Wildman–Crippen LogP) is 1.31. The summed E-state index contributed by atoms with van der Waals surface area (Å²) >= 11 is 1.12. The minimum Gasteiger partial charge on any atom is -0.538 e. The van der Waals surface area contributed by atoms with E-state index >= 15 is 0 Å². The molecule has 0 saturated carbocycles. The number of aromatic nitrogens is 2. The molecule has 0 saturated heterocycles. The molecule has 0 radical (unpaired) electrons. The molecule has 1 unspecified atom stereocenters. The molecule has 0 spiro atoms. The Hall–Kier alpha value is -2.02. The molecule has 1 atom stereocenters. The van der Waals surface area contributed by atoms with Crippen LogP contribution in [0.5, 0.6) is 5.95 Å². The van der Waals surface area contributed by atoms with Crippen molar-refractivity contribution >= 4 is 23.4 Å². The first-order valence-electron chi connectivity index (χ1n) is 6.47. The number of rotatable bonds is 4. The van der Waals surface area contributed by atoms with Gasteiger partial charge in [-0.3, -0.25) is 4.79 Å². The second-order valence-corrected chi connectivity index (χ2v) is 6.13. The number of thioether (sulfide) groups is 1. The summed E-state index contributed by atoms with van der Waals surface area (Å²) in [5.74, 6) is -0.702. The maximum atomic E-state index is 12.3. The van der Waals surface area contributed by atoms with E-state index in [1.807, 2.05) is 32.0 Å². The average molecular weight is 307 g/mol. The van der Waals surface area contributed by atoms with Crippen molar-refractivity contribution < 1.29 is 19.1 Å². The summed E-state index contributed by atoms with van der Waals surface area (Å²) in [5.41, 5.74) is 2.81. The van der Waals surface area contributed by atoms with Crippen LogP contribution in [0.4, 0.5) is 5.69 Å². The highest BCUT2D eigenvalue weighted by Crippen LogP contribution is 2.27. The van der Waals surface area contributed by atoms with Crippen LogP contribution < -0.4 is 15.1 Å². The Labute approximate surface area is 127 Å². The number of amides is 1. The topological polar surface area (TPSA) is 82.1 Å². The highest BCUT2D eigenvalue weighted by molar-refractivity contribution is 8.00. The monoisotopic (exact) mass is 307 g/mol. The highest BCUT2D eigenvalue weighted by atomic mass is 32.2. The van der Waals surface area contributed by atoms with Crippen LogP contribution in [0.2, 0.25) is 0 Å². The number of anilines is 1. The lowest BCUT2D eigenvalue weighted by atomic mass is 10.1. The molecule has 0 aliphatic heterocycles. The number of carbonyl (C=O) groups is 1. The van der Waals surface area contributed by atoms with E-state index in [1.165, 1.54) is 4.68 Å². The van der Waals surface area contributed by atoms with Crippen LogP contribution in [0.15, 0.2) is 27.7 Å². The zero-order valence-electron chi connectivity index (χ0n) is 12.3. The predicted molar refractivity (Wildman–Crippen MR) is 77.0 cm³/mol. The van der Waals surface area contributed by atoms with Crippen LogP contribution >= 0.6 is 11.8 Å². The molecule has 2 aromatic rings. The van der Waals surface area contributed by atoms with Crippen LogP contribution in [0.3, 0.4) is 0 Å². The molecule has 1 aromatic carbocycles. The first kappa shape index (κ1) is 15.4. The van der Waals surface area contributed by atoms with Gasteiger partial charge in [-0.15, -0.1) is 0 Å². The van der Waals surface area contributed by atoms with Crippen molar-refractivity contribution in [1.29, 1.82) is 0 Å². The van der Waals surface area contributed by atoms with Crippen molar-refractivity contribution in [2.75, 3.05) is 5.32 Å². The van der Waals surface area contributed by atoms with Crippen molar-refractivity contribution in [3.05, 3.63) is 29.3 Å². The summed E-state index contributed by atoms with van der Waals surface area (Å²) in [6.45, 7) is 5.62. The number of benzene rings is 1. The maximum absolute atomic E-state index is 12.3. The molecule has 0 fully saturated rings. The average Bonchev–Trinajstić information content (AvgIpc) is 2.74. The first-order chi connectivity index (χ1) is 9.90. The molecule has 1 aromatic heterocycles. The smallest absolute Gasteiger partial charge is 0.291 e. The van der Waals surface area contributed by atoms with Gasteiger partial charge >= 0.3 is 0 Å². The molecular weight excluding hydrogens is 290 g/mol. The molecule has 0 bridgehead atoms. The molecule has 1 N–H and O–H groups in total.